The molecule has 1 saturated heterocycles. The summed E-state index contributed by atoms with van der Waals surface area (Å²) < 4.78 is 10.1. The van der Waals surface area contributed by atoms with Crippen LogP contribution in [0.3, 0.4) is 0 Å². The van der Waals surface area contributed by atoms with E-state index in [-0.39, 0.29) is 17.6 Å². The molecule has 0 radical (unpaired) electrons. The number of thiazole rings is 1. The average Bonchev–Trinajstić information content (AvgIpc) is 3.54. The van der Waals surface area contributed by atoms with Gasteiger partial charge in [0.15, 0.2) is 14.8 Å². The zero-order valence-electron chi connectivity index (χ0n) is 20.7. The minimum Gasteiger partial charge on any atom is -0.376 e. The number of hydrogen-bond donors (Lipinski definition) is 1. The van der Waals surface area contributed by atoms with Gasteiger partial charge in [0.05, 0.1) is 22.7 Å². The first-order chi connectivity index (χ1) is 18.0. The number of nitrogens with one attached hydrogen (secondary N) is 1. The predicted octanol–water partition coefficient (Wildman–Crippen LogP) is 5.44. The Labute approximate surface area is 228 Å². The van der Waals surface area contributed by atoms with Gasteiger partial charge in [-0.25, -0.2) is 4.98 Å². The maximum Gasteiger partial charge on any atom is 0.278 e. The summed E-state index contributed by atoms with van der Waals surface area (Å²) in [6, 6.07) is 17.3. The molecule has 1 N–H and O–H groups in total. The van der Waals surface area contributed by atoms with Crippen molar-refractivity contribution in [3.05, 3.63) is 74.5 Å². The lowest BCUT2D eigenvalue weighted by Crippen LogP contribution is -2.37. The van der Waals surface area contributed by atoms with E-state index >= 15 is 0 Å². The second kappa shape index (κ2) is 11.3. The molecule has 0 bridgehead atoms. The van der Waals surface area contributed by atoms with Gasteiger partial charge in [0.1, 0.15) is 4.70 Å². The molecule has 1 fully saturated rings. The fraction of sp³-hybridized carbons (Fsp3) is 0.333. The van der Waals surface area contributed by atoms with Crippen LogP contribution in [0.25, 0.3) is 21.7 Å². The fourth-order valence-corrected chi connectivity index (χ4v) is 6.77. The molecule has 1 aliphatic heterocycles. The Bertz CT molecular complexity index is 1540. The van der Waals surface area contributed by atoms with Crippen LogP contribution in [0.15, 0.2) is 64.5 Å². The molecule has 5 rings (SSSR count). The van der Waals surface area contributed by atoms with Crippen molar-refractivity contribution >= 4 is 51.6 Å². The van der Waals surface area contributed by atoms with Gasteiger partial charge in [-0.05, 0) is 62.2 Å². The summed E-state index contributed by atoms with van der Waals surface area (Å²) in [5.41, 5.74) is 2.93. The molecular formula is C27H28N4O3S3. The molecule has 10 heteroatoms. The highest BCUT2D eigenvalue weighted by atomic mass is 32.2. The van der Waals surface area contributed by atoms with E-state index in [1.807, 2.05) is 73.0 Å². The number of aromatic nitrogens is 3. The molecule has 2 aromatic heterocycles. The lowest BCUT2D eigenvalue weighted by Gasteiger charge is -2.19. The van der Waals surface area contributed by atoms with Crippen LogP contribution in [0.2, 0.25) is 0 Å². The van der Waals surface area contributed by atoms with Crippen LogP contribution in [0.1, 0.15) is 31.7 Å². The number of carbonyl (C=O) groups is 1. The molecule has 1 aliphatic rings. The number of ether oxygens (including phenoxy) is 1. The molecule has 0 saturated carbocycles. The third-order valence-corrected chi connectivity index (χ3v) is 9.05. The van der Waals surface area contributed by atoms with Crippen molar-refractivity contribution in [1.29, 1.82) is 0 Å². The quantitative estimate of drug-likeness (QED) is 0.178. The highest BCUT2D eigenvalue weighted by Gasteiger charge is 2.26. The van der Waals surface area contributed by atoms with Gasteiger partial charge >= 0.3 is 0 Å². The summed E-state index contributed by atoms with van der Waals surface area (Å²) in [6.07, 6.45) is 2.62. The highest BCUT2D eigenvalue weighted by molar-refractivity contribution is 8.00. The first-order valence-corrected chi connectivity index (χ1v) is 14.4. The van der Waals surface area contributed by atoms with E-state index < -0.39 is 5.25 Å². The second-order valence-corrected chi connectivity index (χ2v) is 11.7. The maximum absolute atomic E-state index is 13.9. The molecule has 1 amide bonds. The summed E-state index contributed by atoms with van der Waals surface area (Å²) >= 11 is 8.27. The molecule has 4 aromatic rings. The molecule has 0 aliphatic carbocycles. The van der Waals surface area contributed by atoms with E-state index in [2.05, 4.69) is 5.32 Å². The van der Waals surface area contributed by atoms with E-state index in [0.717, 1.165) is 30.7 Å². The lowest BCUT2D eigenvalue weighted by atomic mass is 10.2. The molecule has 37 heavy (non-hydrogen) atoms. The largest absolute Gasteiger partial charge is 0.376 e. The summed E-state index contributed by atoms with van der Waals surface area (Å²) in [5.74, 6) is -0.0852. The molecule has 0 spiro atoms. The minimum absolute atomic E-state index is 0.0628. The Balaban J connectivity index is 1.61. The van der Waals surface area contributed by atoms with Gasteiger partial charge in [-0.2, -0.15) is 0 Å². The van der Waals surface area contributed by atoms with Crippen molar-refractivity contribution in [2.45, 2.75) is 49.6 Å². The minimum atomic E-state index is -0.422. The van der Waals surface area contributed by atoms with Crippen molar-refractivity contribution < 1.29 is 9.53 Å². The van der Waals surface area contributed by atoms with E-state index in [1.165, 1.54) is 23.1 Å². The van der Waals surface area contributed by atoms with Crippen LogP contribution in [0, 0.1) is 10.9 Å². The van der Waals surface area contributed by atoms with Gasteiger partial charge in [-0.3, -0.25) is 18.7 Å². The smallest absolute Gasteiger partial charge is 0.278 e. The van der Waals surface area contributed by atoms with Crippen LogP contribution in [-0.2, 0) is 9.53 Å². The number of nitrogens with zero attached hydrogens (tertiary/aromatic N) is 3. The van der Waals surface area contributed by atoms with Gasteiger partial charge < -0.3 is 10.1 Å². The number of thioether (sulfide) groups is 1. The van der Waals surface area contributed by atoms with E-state index in [0.29, 0.717) is 38.1 Å². The van der Waals surface area contributed by atoms with Crippen molar-refractivity contribution in [2.75, 3.05) is 13.2 Å². The molecule has 3 heterocycles. The van der Waals surface area contributed by atoms with E-state index in [1.54, 1.807) is 4.57 Å². The molecular weight excluding hydrogens is 525 g/mol. The van der Waals surface area contributed by atoms with Crippen molar-refractivity contribution in [3.8, 4) is 11.4 Å². The van der Waals surface area contributed by atoms with E-state index in [9.17, 15) is 9.59 Å². The van der Waals surface area contributed by atoms with Gasteiger partial charge in [0.25, 0.3) is 5.56 Å². The van der Waals surface area contributed by atoms with Gasteiger partial charge in [0, 0.05) is 13.2 Å². The molecule has 7 nitrogen and oxygen atoms in total. The number of rotatable bonds is 8. The number of benzene rings is 2. The number of carbonyl (C=O) groups excluding carboxylic acids is 1. The van der Waals surface area contributed by atoms with Crippen LogP contribution in [0.4, 0.5) is 0 Å². The van der Waals surface area contributed by atoms with Crippen LogP contribution >= 0.6 is 35.3 Å². The molecule has 2 aromatic carbocycles. The number of aryl methyl sites for hydroxylation is 1. The third kappa shape index (κ3) is 5.29. The van der Waals surface area contributed by atoms with Crippen LogP contribution < -0.4 is 10.9 Å². The predicted molar refractivity (Wildman–Crippen MR) is 152 cm³/mol. The SMILES string of the molecule is CC[C@H](Sc1nc2c(sc(=S)n2-c2ccccc2C)c(=O)n1-c1ccccc1)C(=O)NC[C@H]1CCCO1. The fourth-order valence-electron chi connectivity index (χ4n) is 4.43. The Kier molecular flexibility index (Phi) is 7.89. The van der Waals surface area contributed by atoms with Gasteiger partial charge in [-0.1, -0.05) is 66.4 Å². The normalized spacial score (nSPS) is 16.2. The van der Waals surface area contributed by atoms with Gasteiger partial charge in [0.2, 0.25) is 5.91 Å². The first-order valence-electron chi connectivity index (χ1n) is 12.3. The van der Waals surface area contributed by atoms with Crippen molar-refractivity contribution in [1.82, 2.24) is 19.4 Å². The maximum atomic E-state index is 13.9. The number of hydrogen-bond acceptors (Lipinski definition) is 7. The Morgan fingerprint density at radius 1 is 1.22 bits per heavy atom. The first kappa shape index (κ1) is 25.8. The summed E-state index contributed by atoms with van der Waals surface area (Å²) in [6.45, 7) is 5.20. The Hall–Kier alpha value is -2.79. The third-order valence-electron chi connectivity index (χ3n) is 6.39. The lowest BCUT2D eigenvalue weighted by molar-refractivity contribution is -0.121. The number of fused-ring (bicyclic) bond motifs is 1. The van der Waals surface area contributed by atoms with Crippen molar-refractivity contribution in [2.24, 2.45) is 0 Å². The summed E-state index contributed by atoms with van der Waals surface area (Å²) in [7, 11) is 0. The van der Waals surface area contributed by atoms with Crippen molar-refractivity contribution in [3.63, 3.8) is 0 Å². The van der Waals surface area contributed by atoms with Crippen LogP contribution in [0.5, 0.6) is 0 Å². The highest BCUT2D eigenvalue weighted by Crippen LogP contribution is 2.31. The van der Waals surface area contributed by atoms with Crippen LogP contribution in [-0.4, -0.2) is 44.5 Å². The zero-order chi connectivity index (χ0) is 25.9. The zero-order valence-corrected chi connectivity index (χ0v) is 23.1. The molecule has 192 valence electrons. The average molecular weight is 553 g/mol. The van der Waals surface area contributed by atoms with Gasteiger partial charge in [-0.15, -0.1) is 0 Å². The Morgan fingerprint density at radius 2 is 1.97 bits per heavy atom. The summed E-state index contributed by atoms with van der Waals surface area (Å²) in [5, 5.41) is 3.07. The van der Waals surface area contributed by atoms with E-state index in [4.69, 9.17) is 21.9 Å². The Morgan fingerprint density at radius 3 is 2.68 bits per heavy atom. The molecule has 2 atom stereocenters. The second-order valence-electron chi connectivity index (χ2n) is 8.91. The standard InChI is InChI=1S/C27H28N4O3S3/c1-3-21(24(32)28-16-19-13-9-15-34-19)36-26-29-23-22(25(33)30(26)18-11-5-4-6-12-18)37-27(35)31(23)20-14-8-7-10-17(20)2/h4-8,10-12,14,19,21H,3,9,13,15-16H2,1-2H3,(H,28,32)/t19-,21+/m1/s1. The summed E-state index contributed by atoms with van der Waals surface area (Å²) in [4.78, 5) is 32.0. The topological polar surface area (TPSA) is 78.2 Å². The number of para-hydroxylation sites is 2. The number of amides is 1. The monoisotopic (exact) mass is 552 g/mol. The molecule has 0 unspecified atom stereocenters.